The number of hydrogen-bond acceptors (Lipinski definition) is 5. The number of rotatable bonds is 5. The van der Waals surface area contributed by atoms with Gasteiger partial charge in [0.15, 0.2) is 5.65 Å². The fourth-order valence-corrected chi connectivity index (χ4v) is 3.82. The second-order valence-corrected chi connectivity index (χ2v) is 9.26. The molecule has 1 aromatic carbocycles. The van der Waals surface area contributed by atoms with Crippen molar-refractivity contribution in [1.82, 2.24) is 20.3 Å². The standard InChI is InChI=1S/C23H24N4O2S/c1-23(2,3)13-25-22(28)19-10-16(12-30-19)15-9-18-21(24-11-15)27-20(26-18)14-5-7-17(29-4)8-6-14/h5-12H,13H2,1-4H3,(H,25,28)(H,24,26,27). The zero-order chi connectivity index (χ0) is 21.3. The van der Waals surface area contributed by atoms with E-state index in [-0.39, 0.29) is 11.3 Å². The molecule has 6 nitrogen and oxygen atoms in total. The van der Waals surface area contributed by atoms with Gasteiger partial charge in [-0.2, -0.15) is 0 Å². The van der Waals surface area contributed by atoms with Crippen molar-refractivity contribution in [2.45, 2.75) is 20.8 Å². The lowest BCUT2D eigenvalue weighted by Gasteiger charge is -2.18. The predicted molar refractivity (Wildman–Crippen MR) is 121 cm³/mol. The van der Waals surface area contributed by atoms with Gasteiger partial charge in [0.25, 0.3) is 5.91 Å². The summed E-state index contributed by atoms with van der Waals surface area (Å²) < 4.78 is 5.21. The van der Waals surface area contributed by atoms with Crippen molar-refractivity contribution in [3.8, 4) is 28.3 Å². The predicted octanol–water partition coefficient (Wildman–Crippen LogP) is 5.14. The molecule has 4 rings (SSSR count). The third-order valence-electron chi connectivity index (χ3n) is 4.64. The highest BCUT2D eigenvalue weighted by molar-refractivity contribution is 7.12. The van der Waals surface area contributed by atoms with E-state index in [4.69, 9.17) is 4.74 Å². The van der Waals surface area contributed by atoms with Gasteiger partial charge >= 0.3 is 0 Å². The minimum absolute atomic E-state index is 0.0430. The summed E-state index contributed by atoms with van der Waals surface area (Å²) in [7, 11) is 1.64. The number of methoxy groups -OCH3 is 1. The Morgan fingerprint density at radius 3 is 2.60 bits per heavy atom. The maximum Gasteiger partial charge on any atom is 0.261 e. The number of carbonyl (C=O) groups excluding carboxylic acids is 1. The number of aromatic amines is 1. The summed E-state index contributed by atoms with van der Waals surface area (Å²) in [4.78, 5) is 25.5. The van der Waals surface area contributed by atoms with E-state index < -0.39 is 0 Å². The Balaban J connectivity index is 1.56. The number of hydrogen-bond donors (Lipinski definition) is 2. The van der Waals surface area contributed by atoms with Gasteiger partial charge in [0.05, 0.1) is 17.5 Å². The molecule has 154 valence electrons. The van der Waals surface area contributed by atoms with Crippen LogP contribution in [0.25, 0.3) is 33.7 Å². The first-order valence-electron chi connectivity index (χ1n) is 9.70. The number of nitrogens with one attached hydrogen (secondary N) is 2. The number of thiophene rings is 1. The van der Waals surface area contributed by atoms with Crippen LogP contribution in [0, 0.1) is 5.41 Å². The summed E-state index contributed by atoms with van der Waals surface area (Å²) in [6.45, 7) is 6.92. The number of carbonyl (C=O) groups is 1. The van der Waals surface area contributed by atoms with Gasteiger partial charge in [-0.3, -0.25) is 4.79 Å². The summed E-state index contributed by atoms with van der Waals surface area (Å²) >= 11 is 1.44. The van der Waals surface area contributed by atoms with Crippen LogP contribution >= 0.6 is 11.3 Å². The molecule has 0 aliphatic carbocycles. The zero-order valence-electron chi connectivity index (χ0n) is 17.4. The fraction of sp³-hybridized carbons (Fsp3) is 0.261. The minimum atomic E-state index is -0.0430. The highest BCUT2D eigenvalue weighted by Gasteiger charge is 2.15. The number of imidazole rings is 1. The Labute approximate surface area is 179 Å². The number of amides is 1. The first-order chi connectivity index (χ1) is 14.3. The molecule has 7 heteroatoms. The molecule has 2 N–H and O–H groups in total. The average Bonchev–Trinajstić information content (AvgIpc) is 3.38. The quantitative estimate of drug-likeness (QED) is 0.469. The van der Waals surface area contributed by atoms with E-state index in [1.807, 2.05) is 41.8 Å². The lowest BCUT2D eigenvalue weighted by Crippen LogP contribution is -2.31. The molecule has 0 bridgehead atoms. The molecule has 0 spiro atoms. The SMILES string of the molecule is COc1ccc(-c2nc3ncc(-c4csc(C(=O)NCC(C)(C)C)c4)cc3[nH]2)cc1. The van der Waals surface area contributed by atoms with Crippen LogP contribution in [-0.2, 0) is 0 Å². The summed E-state index contributed by atoms with van der Waals surface area (Å²) in [5.41, 5.74) is 4.43. The van der Waals surface area contributed by atoms with Crippen molar-refractivity contribution in [2.75, 3.05) is 13.7 Å². The molecule has 0 radical (unpaired) electrons. The minimum Gasteiger partial charge on any atom is -0.497 e. The highest BCUT2D eigenvalue weighted by atomic mass is 32.1. The van der Waals surface area contributed by atoms with Gasteiger partial charge in [-0.05, 0) is 52.8 Å². The molecule has 3 heterocycles. The third-order valence-corrected chi connectivity index (χ3v) is 5.57. The first-order valence-corrected chi connectivity index (χ1v) is 10.6. The van der Waals surface area contributed by atoms with Crippen molar-refractivity contribution in [2.24, 2.45) is 5.41 Å². The van der Waals surface area contributed by atoms with Gasteiger partial charge in [-0.15, -0.1) is 11.3 Å². The maximum absolute atomic E-state index is 12.4. The first kappa shape index (κ1) is 20.1. The van der Waals surface area contributed by atoms with E-state index in [9.17, 15) is 4.79 Å². The Bertz CT molecular complexity index is 1190. The molecular formula is C23H24N4O2S. The molecule has 0 unspecified atom stereocenters. The van der Waals surface area contributed by atoms with E-state index in [2.05, 4.69) is 41.0 Å². The molecular weight excluding hydrogens is 396 g/mol. The van der Waals surface area contributed by atoms with Crippen LogP contribution in [0.4, 0.5) is 0 Å². The average molecular weight is 421 g/mol. The molecule has 0 fully saturated rings. The summed E-state index contributed by atoms with van der Waals surface area (Å²) in [5, 5.41) is 4.98. The van der Waals surface area contributed by atoms with Crippen LogP contribution in [0.5, 0.6) is 5.75 Å². The van der Waals surface area contributed by atoms with Crippen molar-refractivity contribution in [3.05, 3.63) is 52.9 Å². The van der Waals surface area contributed by atoms with Crippen LogP contribution < -0.4 is 10.1 Å². The number of aromatic nitrogens is 3. The number of benzene rings is 1. The second kappa shape index (κ2) is 7.91. The van der Waals surface area contributed by atoms with E-state index in [0.717, 1.165) is 33.8 Å². The molecule has 0 aliphatic rings. The highest BCUT2D eigenvalue weighted by Crippen LogP contribution is 2.28. The van der Waals surface area contributed by atoms with Crippen molar-refractivity contribution in [3.63, 3.8) is 0 Å². The maximum atomic E-state index is 12.4. The van der Waals surface area contributed by atoms with Gasteiger partial charge in [-0.1, -0.05) is 20.8 Å². The zero-order valence-corrected chi connectivity index (χ0v) is 18.3. The smallest absolute Gasteiger partial charge is 0.261 e. The fourth-order valence-electron chi connectivity index (χ4n) is 2.98. The van der Waals surface area contributed by atoms with Crippen LogP contribution in [0.15, 0.2) is 48.0 Å². The van der Waals surface area contributed by atoms with Gasteiger partial charge < -0.3 is 15.0 Å². The summed E-state index contributed by atoms with van der Waals surface area (Å²) in [6, 6.07) is 11.6. The van der Waals surface area contributed by atoms with Gasteiger partial charge in [-0.25, -0.2) is 9.97 Å². The molecule has 3 aromatic heterocycles. The van der Waals surface area contributed by atoms with Crippen molar-refractivity contribution < 1.29 is 9.53 Å². The number of pyridine rings is 1. The van der Waals surface area contributed by atoms with Crippen LogP contribution in [0.2, 0.25) is 0 Å². The summed E-state index contributed by atoms with van der Waals surface area (Å²) in [5.74, 6) is 1.51. The number of ether oxygens (including phenoxy) is 1. The molecule has 0 aliphatic heterocycles. The lowest BCUT2D eigenvalue weighted by atomic mass is 9.97. The Morgan fingerprint density at radius 1 is 1.13 bits per heavy atom. The molecule has 0 saturated carbocycles. The summed E-state index contributed by atoms with van der Waals surface area (Å²) in [6.07, 6.45) is 1.79. The second-order valence-electron chi connectivity index (χ2n) is 8.35. The normalized spacial score (nSPS) is 11.6. The molecule has 0 atom stereocenters. The Kier molecular flexibility index (Phi) is 5.30. The number of nitrogens with zero attached hydrogens (tertiary/aromatic N) is 2. The van der Waals surface area contributed by atoms with Gasteiger partial charge in [0.1, 0.15) is 11.6 Å². The monoisotopic (exact) mass is 420 g/mol. The molecule has 30 heavy (non-hydrogen) atoms. The number of fused-ring (bicyclic) bond motifs is 1. The molecule has 4 aromatic rings. The third kappa shape index (κ3) is 4.36. The van der Waals surface area contributed by atoms with E-state index in [1.165, 1.54) is 11.3 Å². The van der Waals surface area contributed by atoms with E-state index in [0.29, 0.717) is 17.1 Å². The van der Waals surface area contributed by atoms with Crippen molar-refractivity contribution >= 4 is 28.4 Å². The van der Waals surface area contributed by atoms with Crippen LogP contribution in [0.3, 0.4) is 0 Å². The number of H-pyrrole nitrogens is 1. The topological polar surface area (TPSA) is 79.9 Å². The molecule has 0 saturated heterocycles. The van der Waals surface area contributed by atoms with Crippen molar-refractivity contribution in [1.29, 1.82) is 0 Å². The lowest BCUT2D eigenvalue weighted by molar-refractivity contribution is 0.0943. The largest absolute Gasteiger partial charge is 0.497 e. The Hall–Kier alpha value is -3.19. The van der Waals surface area contributed by atoms with Crippen LogP contribution in [0.1, 0.15) is 30.4 Å². The van der Waals surface area contributed by atoms with Gasteiger partial charge in [0, 0.05) is 23.9 Å². The van der Waals surface area contributed by atoms with Gasteiger partial charge in [0.2, 0.25) is 0 Å². The van der Waals surface area contributed by atoms with E-state index in [1.54, 1.807) is 13.3 Å². The van der Waals surface area contributed by atoms with E-state index >= 15 is 0 Å². The van der Waals surface area contributed by atoms with Crippen LogP contribution in [-0.4, -0.2) is 34.5 Å². The Morgan fingerprint density at radius 2 is 1.90 bits per heavy atom. The molecule has 1 amide bonds.